The fourth-order valence-corrected chi connectivity index (χ4v) is 3.32. The molecule has 3 rings (SSSR count). The summed E-state index contributed by atoms with van der Waals surface area (Å²) in [4.78, 5) is 39.3. The third-order valence-electron chi connectivity index (χ3n) is 4.90. The quantitative estimate of drug-likeness (QED) is 0.759. The van der Waals surface area contributed by atoms with E-state index in [1.807, 2.05) is 44.2 Å². The van der Waals surface area contributed by atoms with Crippen LogP contribution in [0, 0.1) is 11.8 Å². The number of para-hydroxylation sites is 1. The van der Waals surface area contributed by atoms with Crippen molar-refractivity contribution >= 4 is 23.4 Å². The van der Waals surface area contributed by atoms with E-state index in [0.717, 1.165) is 5.56 Å². The maximum atomic E-state index is 12.8. The van der Waals surface area contributed by atoms with Gasteiger partial charge in [0.1, 0.15) is 0 Å². The van der Waals surface area contributed by atoms with Gasteiger partial charge >= 0.3 is 0 Å². The van der Waals surface area contributed by atoms with Crippen LogP contribution < -0.4 is 10.6 Å². The molecule has 1 aliphatic rings. The van der Waals surface area contributed by atoms with Crippen molar-refractivity contribution in [3.8, 4) is 0 Å². The molecule has 0 saturated carbocycles. The van der Waals surface area contributed by atoms with E-state index in [1.54, 1.807) is 29.2 Å². The van der Waals surface area contributed by atoms with Crippen LogP contribution in [0.15, 0.2) is 54.6 Å². The highest BCUT2D eigenvalue weighted by Gasteiger charge is 2.34. The fraction of sp³-hybridized carbons (Fsp3) is 0.348. The number of rotatable bonds is 7. The Bertz CT molecular complexity index is 880. The Morgan fingerprint density at radius 2 is 1.76 bits per heavy atom. The molecule has 0 unspecified atom stereocenters. The Morgan fingerprint density at radius 3 is 2.48 bits per heavy atom. The molecule has 2 aromatic carbocycles. The first-order valence-corrected chi connectivity index (χ1v) is 9.94. The van der Waals surface area contributed by atoms with Gasteiger partial charge in [0.2, 0.25) is 11.8 Å². The Hall–Kier alpha value is -3.15. The lowest BCUT2D eigenvalue weighted by Crippen LogP contribution is -2.30. The third kappa shape index (κ3) is 5.44. The van der Waals surface area contributed by atoms with Gasteiger partial charge in [-0.15, -0.1) is 0 Å². The number of benzene rings is 2. The van der Waals surface area contributed by atoms with Gasteiger partial charge in [0.05, 0.1) is 17.2 Å². The van der Waals surface area contributed by atoms with E-state index in [-0.39, 0.29) is 24.1 Å². The van der Waals surface area contributed by atoms with Gasteiger partial charge in [-0.05, 0) is 23.6 Å². The molecular formula is C23H27N3O3. The van der Waals surface area contributed by atoms with Gasteiger partial charge in [-0.1, -0.05) is 56.3 Å². The van der Waals surface area contributed by atoms with Crippen molar-refractivity contribution in [1.29, 1.82) is 0 Å². The summed E-state index contributed by atoms with van der Waals surface area (Å²) in [6.07, 6.45) is 0.181. The van der Waals surface area contributed by atoms with Crippen LogP contribution in [0.3, 0.4) is 0 Å². The lowest BCUT2D eigenvalue weighted by atomic mass is 10.1. The van der Waals surface area contributed by atoms with Crippen molar-refractivity contribution in [3.63, 3.8) is 0 Å². The summed E-state index contributed by atoms with van der Waals surface area (Å²) in [5.41, 5.74) is 1.92. The van der Waals surface area contributed by atoms with Crippen LogP contribution in [0.25, 0.3) is 0 Å². The number of carbonyl (C=O) groups is 3. The van der Waals surface area contributed by atoms with Gasteiger partial charge in [0.25, 0.3) is 5.91 Å². The van der Waals surface area contributed by atoms with Gasteiger partial charge in [0, 0.05) is 26.1 Å². The monoisotopic (exact) mass is 393 g/mol. The molecule has 0 spiro atoms. The normalized spacial score (nSPS) is 16.2. The number of nitrogens with zero attached hydrogens (tertiary/aromatic N) is 1. The standard InChI is InChI=1S/C23H27N3O3/c1-16(2)13-24-23(29)19-10-6-7-11-20(19)25-22(28)18-12-21(27)26(15-18)14-17-8-4-3-5-9-17/h3-11,16,18H,12-15H2,1-2H3,(H,24,29)(H,25,28)/t18-/m0/s1. The summed E-state index contributed by atoms with van der Waals surface area (Å²) in [7, 11) is 0. The molecule has 6 nitrogen and oxygen atoms in total. The van der Waals surface area contributed by atoms with Gasteiger partial charge in [-0.2, -0.15) is 0 Å². The third-order valence-corrected chi connectivity index (χ3v) is 4.90. The Kier molecular flexibility index (Phi) is 6.65. The summed E-state index contributed by atoms with van der Waals surface area (Å²) >= 11 is 0. The molecule has 1 heterocycles. The predicted octanol–water partition coefficient (Wildman–Crippen LogP) is 3.06. The minimum Gasteiger partial charge on any atom is -0.352 e. The second-order valence-electron chi connectivity index (χ2n) is 7.80. The molecule has 0 radical (unpaired) electrons. The van der Waals surface area contributed by atoms with Crippen molar-refractivity contribution in [3.05, 3.63) is 65.7 Å². The zero-order valence-electron chi connectivity index (χ0n) is 16.9. The molecule has 0 aliphatic carbocycles. The minimum atomic E-state index is -0.432. The van der Waals surface area contributed by atoms with Gasteiger partial charge in [0.15, 0.2) is 0 Å². The highest BCUT2D eigenvalue weighted by molar-refractivity contribution is 6.05. The highest BCUT2D eigenvalue weighted by Crippen LogP contribution is 2.23. The largest absolute Gasteiger partial charge is 0.352 e. The lowest BCUT2D eigenvalue weighted by Gasteiger charge is -2.17. The maximum absolute atomic E-state index is 12.8. The Labute approximate surface area is 171 Å². The first-order valence-electron chi connectivity index (χ1n) is 9.94. The highest BCUT2D eigenvalue weighted by atomic mass is 16.2. The van der Waals surface area contributed by atoms with Crippen LogP contribution >= 0.6 is 0 Å². The second-order valence-corrected chi connectivity index (χ2v) is 7.80. The van der Waals surface area contributed by atoms with Gasteiger partial charge < -0.3 is 15.5 Å². The fourth-order valence-electron chi connectivity index (χ4n) is 3.32. The summed E-state index contributed by atoms with van der Waals surface area (Å²) in [5.74, 6) is -0.586. The zero-order chi connectivity index (χ0) is 20.8. The summed E-state index contributed by atoms with van der Waals surface area (Å²) in [6.45, 7) is 5.48. The number of hydrogen-bond donors (Lipinski definition) is 2. The van der Waals surface area contributed by atoms with Crippen LogP contribution in [-0.4, -0.2) is 35.7 Å². The van der Waals surface area contributed by atoms with Crippen molar-refractivity contribution in [2.75, 3.05) is 18.4 Å². The number of anilines is 1. The SMILES string of the molecule is CC(C)CNC(=O)c1ccccc1NC(=O)[C@H]1CC(=O)N(Cc2ccccc2)C1. The van der Waals surface area contributed by atoms with Crippen molar-refractivity contribution in [1.82, 2.24) is 10.2 Å². The minimum absolute atomic E-state index is 0.0306. The molecule has 6 heteroatoms. The smallest absolute Gasteiger partial charge is 0.253 e. The van der Waals surface area contributed by atoms with Crippen LogP contribution in [0.5, 0.6) is 0 Å². The van der Waals surface area contributed by atoms with Crippen molar-refractivity contribution < 1.29 is 14.4 Å². The zero-order valence-corrected chi connectivity index (χ0v) is 16.9. The molecule has 1 fully saturated rings. The van der Waals surface area contributed by atoms with Crippen molar-refractivity contribution in [2.45, 2.75) is 26.8 Å². The van der Waals surface area contributed by atoms with E-state index in [2.05, 4.69) is 10.6 Å². The Balaban J connectivity index is 1.63. The molecule has 1 aliphatic heterocycles. The number of amides is 3. The molecule has 0 aromatic heterocycles. The van der Waals surface area contributed by atoms with Gasteiger partial charge in [-0.25, -0.2) is 0 Å². The number of likely N-dealkylation sites (tertiary alicyclic amines) is 1. The maximum Gasteiger partial charge on any atom is 0.253 e. The first-order chi connectivity index (χ1) is 13.9. The van der Waals surface area contributed by atoms with E-state index in [0.29, 0.717) is 36.8 Å². The molecule has 0 bridgehead atoms. The topological polar surface area (TPSA) is 78.5 Å². The summed E-state index contributed by atoms with van der Waals surface area (Å²) in [6, 6.07) is 16.7. The summed E-state index contributed by atoms with van der Waals surface area (Å²) < 4.78 is 0. The molecule has 3 amide bonds. The lowest BCUT2D eigenvalue weighted by molar-refractivity contribution is -0.128. The van der Waals surface area contributed by atoms with E-state index in [1.165, 1.54) is 0 Å². The van der Waals surface area contributed by atoms with E-state index >= 15 is 0 Å². The average Bonchev–Trinajstić information content (AvgIpc) is 3.08. The van der Waals surface area contributed by atoms with Crippen LogP contribution in [0.4, 0.5) is 5.69 Å². The van der Waals surface area contributed by atoms with Crippen LogP contribution in [0.1, 0.15) is 36.2 Å². The molecular weight excluding hydrogens is 366 g/mol. The molecule has 1 saturated heterocycles. The molecule has 2 N–H and O–H groups in total. The number of hydrogen-bond acceptors (Lipinski definition) is 3. The van der Waals surface area contributed by atoms with E-state index in [9.17, 15) is 14.4 Å². The summed E-state index contributed by atoms with van der Waals surface area (Å²) in [5, 5.41) is 5.72. The van der Waals surface area contributed by atoms with Gasteiger partial charge in [-0.3, -0.25) is 14.4 Å². The molecule has 1 atom stereocenters. The van der Waals surface area contributed by atoms with Crippen LogP contribution in [-0.2, 0) is 16.1 Å². The predicted molar refractivity (Wildman–Crippen MR) is 112 cm³/mol. The van der Waals surface area contributed by atoms with E-state index < -0.39 is 5.92 Å². The van der Waals surface area contributed by atoms with Crippen molar-refractivity contribution in [2.24, 2.45) is 11.8 Å². The number of carbonyl (C=O) groups excluding carboxylic acids is 3. The first kappa shape index (κ1) is 20.6. The molecule has 152 valence electrons. The van der Waals surface area contributed by atoms with Crippen LogP contribution in [0.2, 0.25) is 0 Å². The Morgan fingerprint density at radius 1 is 1.07 bits per heavy atom. The second kappa shape index (κ2) is 9.37. The molecule has 29 heavy (non-hydrogen) atoms. The average molecular weight is 393 g/mol. The van der Waals surface area contributed by atoms with E-state index in [4.69, 9.17) is 0 Å². The molecule has 2 aromatic rings. The number of nitrogens with one attached hydrogen (secondary N) is 2.